The van der Waals surface area contributed by atoms with Crippen LogP contribution in [0.3, 0.4) is 0 Å². The highest BCUT2D eigenvalue weighted by molar-refractivity contribution is 5.97. The summed E-state index contributed by atoms with van der Waals surface area (Å²) in [5.41, 5.74) is -0.385. The van der Waals surface area contributed by atoms with E-state index in [0.29, 0.717) is 6.54 Å². The summed E-state index contributed by atoms with van der Waals surface area (Å²) in [5.74, 6) is -0.522. The molecular weight excluding hydrogens is 296 g/mol. The fraction of sp³-hybridized carbons (Fsp3) is 0.765. The van der Waals surface area contributed by atoms with Gasteiger partial charge in [-0.25, -0.2) is 0 Å². The van der Waals surface area contributed by atoms with Gasteiger partial charge < -0.3 is 10.6 Å². The molecule has 132 valence electrons. The Kier molecular flexibility index (Phi) is 9.37. The molecular formula is C17H30N2O4. The predicted octanol–water partition coefficient (Wildman–Crippen LogP) is 1.76. The van der Waals surface area contributed by atoms with Gasteiger partial charge in [-0.2, -0.15) is 0 Å². The summed E-state index contributed by atoms with van der Waals surface area (Å²) < 4.78 is 0. The molecule has 0 aromatic heterocycles. The number of carbonyl (C=O) groups is 4. The smallest absolute Gasteiger partial charge is 0.227 e. The number of hydrogen-bond acceptors (Lipinski definition) is 4. The first-order chi connectivity index (χ1) is 10.5. The second kappa shape index (κ2) is 10.1. The van der Waals surface area contributed by atoms with Crippen LogP contribution in [0.1, 0.15) is 66.7 Å². The molecule has 0 radical (unpaired) electrons. The largest absolute Gasteiger partial charge is 0.356 e. The number of nitrogens with one attached hydrogen (secondary N) is 2. The molecule has 23 heavy (non-hydrogen) atoms. The third-order valence-corrected chi connectivity index (χ3v) is 3.90. The summed E-state index contributed by atoms with van der Waals surface area (Å²) in [6.45, 7) is 9.30. The third-order valence-electron chi connectivity index (χ3n) is 3.90. The summed E-state index contributed by atoms with van der Waals surface area (Å²) >= 11 is 0. The Morgan fingerprint density at radius 1 is 0.913 bits per heavy atom. The van der Waals surface area contributed by atoms with Gasteiger partial charge in [-0.1, -0.05) is 13.3 Å². The molecule has 0 saturated carbocycles. The fourth-order valence-corrected chi connectivity index (χ4v) is 2.21. The van der Waals surface area contributed by atoms with E-state index in [1.807, 2.05) is 13.8 Å². The van der Waals surface area contributed by atoms with Gasteiger partial charge in [0.1, 0.15) is 11.6 Å². The maximum atomic E-state index is 11.7. The van der Waals surface area contributed by atoms with Gasteiger partial charge in [0.2, 0.25) is 11.8 Å². The molecule has 6 heteroatoms. The molecule has 0 spiro atoms. The van der Waals surface area contributed by atoms with Crippen LogP contribution in [0.5, 0.6) is 0 Å². The van der Waals surface area contributed by atoms with Crippen molar-refractivity contribution in [1.82, 2.24) is 10.6 Å². The number of hydrogen-bond donors (Lipinski definition) is 2. The van der Waals surface area contributed by atoms with Crippen molar-refractivity contribution in [2.45, 2.75) is 72.3 Å². The monoisotopic (exact) mass is 326 g/mol. The molecule has 0 rings (SSSR count). The summed E-state index contributed by atoms with van der Waals surface area (Å²) in [4.78, 5) is 44.8. The molecule has 0 bridgehead atoms. The second-order valence-electron chi connectivity index (χ2n) is 6.77. The van der Waals surface area contributed by atoms with Crippen LogP contribution >= 0.6 is 0 Å². The summed E-state index contributed by atoms with van der Waals surface area (Å²) in [6, 6.07) is 0. The van der Waals surface area contributed by atoms with Crippen LogP contribution in [-0.2, 0) is 19.2 Å². The average Bonchev–Trinajstić information content (AvgIpc) is 2.35. The molecule has 2 N–H and O–H groups in total. The van der Waals surface area contributed by atoms with Crippen LogP contribution < -0.4 is 10.6 Å². The number of amides is 2. The SMILES string of the molecule is CC(=O)CC(=O)NCCCCC(C)C(C)(C)NC(=O)CC(C)=O. The lowest BCUT2D eigenvalue weighted by atomic mass is 9.85. The van der Waals surface area contributed by atoms with E-state index >= 15 is 0 Å². The van der Waals surface area contributed by atoms with Crippen molar-refractivity contribution in [1.29, 1.82) is 0 Å². The summed E-state index contributed by atoms with van der Waals surface area (Å²) in [6.07, 6.45) is 2.48. The quantitative estimate of drug-likeness (QED) is 0.447. The van der Waals surface area contributed by atoms with E-state index in [-0.39, 0.29) is 47.7 Å². The number of unbranched alkanes of at least 4 members (excludes halogenated alkanes) is 1. The lowest BCUT2D eigenvalue weighted by Crippen LogP contribution is -2.48. The van der Waals surface area contributed by atoms with Crippen molar-refractivity contribution in [2.24, 2.45) is 5.92 Å². The second-order valence-corrected chi connectivity index (χ2v) is 6.77. The Balaban J connectivity index is 4.01. The van der Waals surface area contributed by atoms with Crippen LogP contribution in [-0.4, -0.2) is 35.5 Å². The van der Waals surface area contributed by atoms with Crippen molar-refractivity contribution in [3.8, 4) is 0 Å². The van der Waals surface area contributed by atoms with E-state index in [1.165, 1.54) is 13.8 Å². The van der Waals surface area contributed by atoms with Gasteiger partial charge in [-0.15, -0.1) is 0 Å². The Hall–Kier alpha value is -1.72. The lowest BCUT2D eigenvalue weighted by molar-refractivity contribution is -0.129. The lowest BCUT2D eigenvalue weighted by Gasteiger charge is -2.33. The summed E-state index contributed by atoms with van der Waals surface area (Å²) in [7, 11) is 0. The Labute approximate surface area is 138 Å². The van der Waals surface area contributed by atoms with E-state index < -0.39 is 0 Å². The van der Waals surface area contributed by atoms with Crippen molar-refractivity contribution < 1.29 is 19.2 Å². The zero-order chi connectivity index (χ0) is 18.0. The number of rotatable bonds is 11. The van der Waals surface area contributed by atoms with Gasteiger partial charge >= 0.3 is 0 Å². The maximum absolute atomic E-state index is 11.7. The first-order valence-electron chi connectivity index (χ1n) is 8.11. The molecule has 6 nitrogen and oxygen atoms in total. The molecule has 0 aromatic carbocycles. The minimum absolute atomic E-state index is 0.0639. The Morgan fingerprint density at radius 3 is 1.96 bits per heavy atom. The topological polar surface area (TPSA) is 92.3 Å². The highest BCUT2D eigenvalue weighted by Gasteiger charge is 2.27. The van der Waals surface area contributed by atoms with E-state index in [0.717, 1.165) is 19.3 Å². The molecule has 1 atom stereocenters. The van der Waals surface area contributed by atoms with Gasteiger partial charge in [0.05, 0.1) is 12.8 Å². The molecule has 0 heterocycles. The molecule has 0 aliphatic heterocycles. The van der Waals surface area contributed by atoms with Crippen molar-refractivity contribution in [3.05, 3.63) is 0 Å². The highest BCUT2D eigenvalue weighted by Crippen LogP contribution is 2.22. The van der Waals surface area contributed by atoms with Gasteiger partial charge in [0.15, 0.2) is 0 Å². The zero-order valence-corrected chi connectivity index (χ0v) is 15.0. The van der Waals surface area contributed by atoms with Crippen LogP contribution in [0.4, 0.5) is 0 Å². The normalized spacial score (nSPS) is 12.4. The molecule has 1 unspecified atom stereocenters. The molecule has 0 aromatic rings. The number of Topliss-reactive ketones (excluding diaryl/α,β-unsaturated/α-hetero) is 2. The molecule has 0 aliphatic rings. The van der Waals surface area contributed by atoms with Gasteiger partial charge in [-0.3, -0.25) is 19.2 Å². The molecule has 2 amide bonds. The Bertz CT molecular complexity index is 444. The third kappa shape index (κ3) is 10.6. The fourth-order valence-electron chi connectivity index (χ4n) is 2.21. The van der Waals surface area contributed by atoms with E-state index in [1.54, 1.807) is 0 Å². The van der Waals surface area contributed by atoms with Crippen molar-refractivity contribution in [2.75, 3.05) is 6.54 Å². The zero-order valence-electron chi connectivity index (χ0n) is 15.0. The standard InChI is InChI=1S/C17H30N2O4/c1-12(17(4,5)19-16(23)11-14(3)21)8-6-7-9-18-15(22)10-13(2)20/h12H,6-11H2,1-5H3,(H,18,22)(H,19,23). The van der Waals surface area contributed by atoms with Crippen LogP contribution in [0.15, 0.2) is 0 Å². The highest BCUT2D eigenvalue weighted by atomic mass is 16.2. The Morgan fingerprint density at radius 2 is 1.43 bits per heavy atom. The molecule has 0 saturated heterocycles. The summed E-state index contributed by atoms with van der Waals surface area (Å²) in [5, 5.41) is 5.61. The predicted molar refractivity (Wildman–Crippen MR) is 88.8 cm³/mol. The van der Waals surface area contributed by atoms with Gasteiger partial charge in [0, 0.05) is 12.1 Å². The van der Waals surface area contributed by atoms with Gasteiger partial charge in [-0.05, 0) is 46.5 Å². The minimum atomic E-state index is -0.385. The molecule has 0 aliphatic carbocycles. The van der Waals surface area contributed by atoms with Crippen LogP contribution in [0.25, 0.3) is 0 Å². The van der Waals surface area contributed by atoms with Gasteiger partial charge in [0.25, 0.3) is 0 Å². The minimum Gasteiger partial charge on any atom is -0.356 e. The number of ketones is 2. The van der Waals surface area contributed by atoms with E-state index in [4.69, 9.17) is 0 Å². The van der Waals surface area contributed by atoms with Crippen LogP contribution in [0, 0.1) is 5.92 Å². The first kappa shape index (κ1) is 21.3. The maximum Gasteiger partial charge on any atom is 0.227 e. The first-order valence-corrected chi connectivity index (χ1v) is 8.11. The average molecular weight is 326 g/mol. The van der Waals surface area contributed by atoms with Crippen LogP contribution in [0.2, 0.25) is 0 Å². The van der Waals surface area contributed by atoms with E-state index in [2.05, 4.69) is 17.6 Å². The van der Waals surface area contributed by atoms with E-state index in [9.17, 15) is 19.2 Å². The van der Waals surface area contributed by atoms with Crippen molar-refractivity contribution in [3.63, 3.8) is 0 Å². The van der Waals surface area contributed by atoms with Crippen molar-refractivity contribution >= 4 is 23.4 Å². The number of carbonyl (C=O) groups excluding carboxylic acids is 4. The molecule has 0 fully saturated rings.